The molecule has 3 N–H and O–H groups in total. The molecule has 1 fully saturated rings. The highest BCUT2D eigenvalue weighted by atomic mass is 19.4. The fraction of sp³-hybridized carbons (Fsp3) is 0.462. The van der Waals surface area contributed by atoms with Crippen molar-refractivity contribution in [3.8, 4) is 11.3 Å². The van der Waals surface area contributed by atoms with Gasteiger partial charge in [-0.25, -0.2) is 4.98 Å². The van der Waals surface area contributed by atoms with E-state index in [4.69, 9.17) is 4.98 Å². The number of likely N-dealkylation sites (N-methyl/N-ethyl adjacent to an activating group) is 1. The number of hydrogen-bond acceptors (Lipinski definition) is 6. The van der Waals surface area contributed by atoms with Crippen LogP contribution in [-0.4, -0.2) is 87.4 Å². The van der Waals surface area contributed by atoms with Crippen LogP contribution in [0.5, 0.6) is 0 Å². The van der Waals surface area contributed by atoms with Gasteiger partial charge in [0.05, 0.1) is 28.5 Å². The van der Waals surface area contributed by atoms with Crippen LogP contribution < -0.4 is 5.32 Å². The van der Waals surface area contributed by atoms with Crippen molar-refractivity contribution in [2.24, 2.45) is 0 Å². The van der Waals surface area contributed by atoms with Gasteiger partial charge >= 0.3 is 6.18 Å². The maximum absolute atomic E-state index is 13.7. The summed E-state index contributed by atoms with van der Waals surface area (Å²) in [4.78, 5) is 22.6. The van der Waals surface area contributed by atoms with Gasteiger partial charge in [0.2, 0.25) is 0 Å². The summed E-state index contributed by atoms with van der Waals surface area (Å²) in [6, 6.07) is 3.55. The molecule has 4 aromatic rings. The number of rotatable bonds is 5. The van der Waals surface area contributed by atoms with Crippen molar-refractivity contribution in [3.05, 3.63) is 40.8 Å². The third-order valence-electron chi connectivity index (χ3n) is 7.70. The average molecular weight is 527 g/mol. The number of hydrogen-bond donors (Lipinski definition) is 3. The molecule has 0 saturated carbocycles. The molecule has 1 aliphatic carbocycles. The van der Waals surface area contributed by atoms with E-state index in [1.54, 1.807) is 12.1 Å². The first-order valence-electron chi connectivity index (χ1n) is 12.9. The zero-order valence-electron chi connectivity index (χ0n) is 21.1. The summed E-state index contributed by atoms with van der Waals surface area (Å²) in [5.41, 5.74) is 2.59. The zero-order valence-corrected chi connectivity index (χ0v) is 21.1. The summed E-state index contributed by atoms with van der Waals surface area (Å²) < 4.78 is 41.1. The van der Waals surface area contributed by atoms with Gasteiger partial charge < -0.3 is 10.2 Å². The van der Waals surface area contributed by atoms with E-state index in [0.29, 0.717) is 41.5 Å². The highest BCUT2D eigenvalue weighted by molar-refractivity contribution is 6.17. The van der Waals surface area contributed by atoms with Crippen LogP contribution in [0.25, 0.3) is 33.1 Å². The van der Waals surface area contributed by atoms with Crippen molar-refractivity contribution in [1.82, 2.24) is 40.5 Å². The molecule has 38 heavy (non-hydrogen) atoms. The Balaban J connectivity index is 1.39. The number of piperazine rings is 1. The van der Waals surface area contributed by atoms with Crippen LogP contribution in [0, 0.1) is 0 Å². The van der Waals surface area contributed by atoms with Crippen molar-refractivity contribution >= 4 is 27.7 Å². The minimum Gasteiger partial charge on any atom is -0.349 e. The Bertz CT molecular complexity index is 1500. The first kappa shape index (κ1) is 24.8. The maximum atomic E-state index is 13.7. The fourth-order valence-electron chi connectivity index (χ4n) is 5.68. The number of carbonyl (C=O) groups is 1. The second-order valence-corrected chi connectivity index (χ2v) is 10.1. The Hall–Kier alpha value is -3.51. The molecule has 1 aliphatic heterocycles. The topological polar surface area (TPSA) is 106 Å². The number of carbonyl (C=O) groups excluding carboxylic acids is 1. The van der Waals surface area contributed by atoms with Crippen LogP contribution in [0.15, 0.2) is 18.3 Å². The number of aromatic nitrogens is 5. The van der Waals surface area contributed by atoms with Gasteiger partial charge in [-0.1, -0.05) is 0 Å². The molecule has 3 aromatic heterocycles. The lowest BCUT2D eigenvalue weighted by Gasteiger charge is -2.32. The van der Waals surface area contributed by atoms with Crippen LogP contribution in [0.2, 0.25) is 0 Å². The first-order valence-corrected chi connectivity index (χ1v) is 12.9. The van der Waals surface area contributed by atoms with Crippen LogP contribution >= 0.6 is 0 Å². The summed E-state index contributed by atoms with van der Waals surface area (Å²) in [6.45, 7) is 5.21. The molecule has 1 saturated heterocycles. The lowest BCUT2D eigenvalue weighted by Crippen LogP contribution is -2.46. The van der Waals surface area contributed by atoms with Gasteiger partial charge in [-0.05, 0) is 56.0 Å². The van der Waals surface area contributed by atoms with E-state index in [1.807, 2.05) is 0 Å². The third kappa shape index (κ3) is 4.41. The van der Waals surface area contributed by atoms with Crippen molar-refractivity contribution in [2.75, 3.05) is 46.3 Å². The Labute approximate surface area is 216 Å². The third-order valence-corrected chi connectivity index (χ3v) is 7.70. The van der Waals surface area contributed by atoms with Crippen LogP contribution in [0.1, 0.15) is 40.2 Å². The number of nitrogens with one attached hydrogen (secondary N) is 3. The summed E-state index contributed by atoms with van der Waals surface area (Å²) in [5, 5.41) is 17.5. The van der Waals surface area contributed by atoms with Gasteiger partial charge in [-0.15, -0.1) is 0 Å². The van der Waals surface area contributed by atoms with Crippen LogP contribution in [0.3, 0.4) is 0 Å². The monoisotopic (exact) mass is 526 g/mol. The Morgan fingerprint density at radius 2 is 1.82 bits per heavy atom. The number of amides is 1. The minimum absolute atomic E-state index is 0.0493. The van der Waals surface area contributed by atoms with E-state index in [0.717, 1.165) is 62.1 Å². The van der Waals surface area contributed by atoms with Crippen molar-refractivity contribution in [1.29, 1.82) is 0 Å². The molecular weight excluding hydrogens is 497 g/mol. The molecule has 2 aliphatic rings. The SMILES string of the molecule is CN1CCN(CCNC(=O)c2n[nH]c3ccc4nc(-c5cn[nH]c5C(F)(F)F)c5c(c4c23)CCCC5)CC1. The summed E-state index contributed by atoms with van der Waals surface area (Å²) >= 11 is 0. The minimum atomic E-state index is -4.58. The number of benzene rings is 1. The number of halogens is 3. The molecular formula is C26H29F3N8O. The molecule has 1 amide bonds. The van der Waals surface area contributed by atoms with Gasteiger partial charge in [-0.2, -0.15) is 23.4 Å². The highest BCUT2D eigenvalue weighted by Crippen LogP contribution is 2.42. The van der Waals surface area contributed by atoms with Crippen LogP contribution in [0.4, 0.5) is 13.2 Å². The normalized spacial score (nSPS) is 17.3. The number of nitrogens with zero attached hydrogens (tertiary/aromatic N) is 5. The summed E-state index contributed by atoms with van der Waals surface area (Å²) in [6.07, 6.45) is -0.321. The van der Waals surface area contributed by atoms with E-state index in [1.165, 1.54) is 6.20 Å². The van der Waals surface area contributed by atoms with Crippen molar-refractivity contribution < 1.29 is 18.0 Å². The second-order valence-electron chi connectivity index (χ2n) is 10.1. The quantitative estimate of drug-likeness (QED) is 0.368. The Morgan fingerprint density at radius 3 is 2.58 bits per heavy atom. The molecule has 0 bridgehead atoms. The molecule has 6 rings (SSSR count). The van der Waals surface area contributed by atoms with Gasteiger partial charge in [0, 0.05) is 50.0 Å². The van der Waals surface area contributed by atoms with Crippen LogP contribution in [-0.2, 0) is 19.0 Å². The number of pyridine rings is 1. The van der Waals surface area contributed by atoms with E-state index >= 15 is 0 Å². The molecule has 0 atom stereocenters. The second kappa shape index (κ2) is 9.66. The zero-order chi connectivity index (χ0) is 26.4. The molecule has 0 spiro atoms. The maximum Gasteiger partial charge on any atom is 0.433 e. The Kier molecular flexibility index (Phi) is 6.31. The number of alkyl halides is 3. The largest absolute Gasteiger partial charge is 0.433 e. The molecule has 0 unspecified atom stereocenters. The predicted molar refractivity (Wildman–Crippen MR) is 137 cm³/mol. The first-order chi connectivity index (χ1) is 18.3. The fourth-order valence-corrected chi connectivity index (χ4v) is 5.68. The smallest absolute Gasteiger partial charge is 0.349 e. The van der Waals surface area contributed by atoms with E-state index < -0.39 is 11.9 Å². The summed E-state index contributed by atoms with van der Waals surface area (Å²) in [5.74, 6) is -0.277. The molecule has 1 aromatic carbocycles. The number of aryl methyl sites for hydroxylation is 1. The highest BCUT2D eigenvalue weighted by Gasteiger charge is 2.37. The average Bonchev–Trinajstić information content (AvgIpc) is 3.57. The molecule has 12 heteroatoms. The van der Waals surface area contributed by atoms with Gasteiger partial charge in [0.1, 0.15) is 5.69 Å². The number of H-pyrrole nitrogens is 2. The summed E-state index contributed by atoms with van der Waals surface area (Å²) in [7, 11) is 2.10. The van der Waals surface area contributed by atoms with Gasteiger partial charge in [0.15, 0.2) is 5.69 Å². The molecule has 4 heterocycles. The lowest BCUT2D eigenvalue weighted by molar-refractivity contribution is -0.140. The van der Waals surface area contributed by atoms with Gasteiger partial charge in [0.25, 0.3) is 5.91 Å². The number of fused-ring (bicyclic) bond motifs is 5. The molecule has 9 nitrogen and oxygen atoms in total. The predicted octanol–water partition coefficient (Wildman–Crippen LogP) is 3.38. The van der Waals surface area contributed by atoms with E-state index in [9.17, 15) is 18.0 Å². The van der Waals surface area contributed by atoms with Crippen molar-refractivity contribution in [3.63, 3.8) is 0 Å². The number of aromatic amines is 2. The van der Waals surface area contributed by atoms with E-state index in [2.05, 4.69) is 42.6 Å². The molecule has 0 radical (unpaired) electrons. The Morgan fingerprint density at radius 1 is 1.05 bits per heavy atom. The standard InChI is InChI=1S/C26H29F3N8O/c1-36-10-12-37(13-11-36)9-8-30-25(38)23-21-19(33-34-23)7-6-18-20(21)15-4-2-3-5-16(15)22(32-18)17-14-31-35-24(17)26(27,28)29/h6-7,14H,2-5,8-13H2,1H3,(H,30,38)(H,31,35)(H,33,34). The van der Waals surface area contributed by atoms with E-state index in [-0.39, 0.29) is 17.2 Å². The van der Waals surface area contributed by atoms with Crippen molar-refractivity contribution in [2.45, 2.75) is 31.9 Å². The lowest BCUT2D eigenvalue weighted by atomic mass is 9.85. The van der Waals surface area contributed by atoms with Gasteiger partial charge in [-0.3, -0.25) is 19.9 Å². The molecule has 200 valence electrons.